The minimum absolute atomic E-state index is 0.0148. The number of carbonyl (C=O) groups excluding carboxylic acids is 2. The number of amides is 2. The van der Waals surface area contributed by atoms with Gasteiger partial charge in [0.2, 0.25) is 11.8 Å². The standard InChI is InChI=1S/C21H18ClN3O2S/c22-12-5-6-18-17(9-12)24-21(27)19(28-18)10-20(26)25-8-7-16-14(11-25)13-3-1-2-4-15(13)23-16/h1-6,9,19,23H,7-8,10-11H2,(H,24,27)/t19-/m0/s1. The molecule has 5 nitrogen and oxygen atoms in total. The lowest BCUT2D eigenvalue weighted by Crippen LogP contribution is -2.40. The molecule has 0 fully saturated rings. The number of carbonyl (C=O) groups is 2. The smallest absolute Gasteiger partial charge is 0.238 e. The van der Waals surface area contributed by atoms with Crippen LogP contribution in [0.1, 0.15) is 17.7 Å². The summed E-state index contributed by atoms with van der Waals surface area (Å²) in [7, 11) is 0. The van der Waals surface area contributed by atoms with Crippen molar-refractivity contribution in [1.29, 1.82) is 0 Å². The van der Waals surface area contributed by atoms with Crippen molar-refractivity contribution in [2.45, 2.75) is 29.5 Å². The maximum absolute atomic E-state index is 12.9. The second kappa shape index (κ2) is 6.87. The molecule has 2 aliphatic rings. The van der Waals surface area contributed by atoms with Crippen LogP contribution in [-0.2, 0) is 22.6 Å². The molecule has 142 valence electrons. The Balaban J connectivity index is 1.32. The highest BCUT2D eigenvalue weighted by Gasteiger charge is 2.32. The molecule has 5 rings (SSSR count). The molecule has 0 saturated carbocycles. The average Bonchev–Trinajstić information content (AvgIpc) is 3.06. The molecule has 0 spiro atoms. The van der Waals surface area contributed by atoms with Gasteiger partial charge in [0.25, 0.3) is 0 Å². The second-order valence-electron chi connectivity index (χ2n) is 7.13. The molecular weight excluding hydrogens is 394 g/mol. The summed E-state index contributed by atoms with van der Waals surface area (Å²) >= 11 is 7.43. The zero-order valence-electron chi connectivity index (χ0n) is 15.0. The minimum atomic E-state index is -0.425. The number of hydrogen-bond acceptors (Lipinski definition) is 3. The fourth-order valence-electron chi connectivity index (χ4n) is 3.92. The number of nitrogens with one attached hydrogen (secondary N) is 2. The summed E-state index contributed by atoms with van der Waals surface area (Å²) in [5, 5.41) is 4.20. The molecule has 1 aromatic heterocycles. The number of benzene rings is 2. The van der Waals surface area contributed by atoms with Gasteiger partial charge in [-0.1, -0.05) is 29.8 Å². The molecule has 2 N–H and O–H groups in total. The van der Waals surface area contributed by atoms with Crippen molar-refractivity contribution >= 4 is 51.8 Å². The number of anilines is 1. The molecule has 0 bridgehead atoms. The molecule has 2 amide bonds. The fourth-order valence-corrected chi connectivity index (χ4v) is 5.18. The van der Waals surface area contributed by atoms with E-state index in [1.54, 1.807) is 12.1 Å². The van der Waals surface area contributed by atoms with E-state index >= 15 is 0 Å². The van der Waals surface area contributed by atoms with E-state index in [0.717, 1.165) is 16.8 Å². The van der Waals surface area contributed by atoms with E-state index in [0.29, 0.717) is 23.8 Å². The van der Waals surface area contributed by atoms with E-state index in [4.69, 9.17) is 11.6 Å². The Morgan fingerprint density at radius 3 is 3.00 bits per heavy atom. The quantitative estimate of drug-likeness (QED) is 0.663. The van der Waals surface area contributed by atoms with Gasteiger partial charge >= 0.3 is 0 Å². The van der Waals surface area contributed by atoms with Crippen LogP contribution in [0, 0.1) is 0 Å². The Bertz CT molecular complexity index is 1110. The normalized spacial score (nSPS) is 18.5. The first kappa shape index (κ1) is 17.6. The third-order valence-electron chi connectivity index (χ3n) is 5.36. The van der Waals surface area contributed by atoms with Crippen molar-refractivity contribution in [3.8, 4) is 0 Å². The molecule has 0 saturated heterocycles. The first-order chi connectivity index (χ1) is 13.6. The SMILES string of the molecule is O=C1Nc2cc(Cl)ccc2S[C@H]1CC(=O)N1CCc2[nH]c3ccccc3c2C1. The lowest BCUT2D eigenvalue weighted by molar-refractivity contribution is -0.133. The summed E-state index contributed by atoms with van der Waals surface area (Å²) in [4.78, 5) is 31.7. The van der Waals surface area contributed by atoms with Crippen molar-refractivity contribution in [3.05, 3.63) is 58.7 Å². The van der Waals surface area contributed by atoms with Gasteiger partial charge in [0, 0.05) is 58.0 Å². The summed E-state index contributed by atoms with van der Waals surface area (Å²) in [6.07, 6.45) is 0.997. The molecule has 3 aromatic rings. The maximum atomic E-state index is 12.9. The van der Waals surface area contributed by atoms with Gasteiger partial charge in [0.15, 0.2) is 0 Å². The Kier molecular flexibility index (Phi) is 4.33. The zero-order valence-corrected chi connectivity index (χ0v) is 16.6. The van der Waals surface area contributed by atoms with Crippen molar-refractivity contribution < 1.29 is 9.59 Å². The van der Waals surface area contributed by atoms with E-state index in [2.05, 4.69) is 22.4 Å². The lowest BCUT2D eigenvalue weighted by Gasteiger charge is -2.30. The molecular formula is C21H18ClN3O2S. The molecule has 1 atom stereocenters. The number of thioether (sulfide) groups is 1. The number of para-hydroxylation sites is 1. The van der Waals surface area contributed by atoms with E-state index in [1.165, 1.54) is 28.4 Å². The average molecular weight is 412 g/mol. The van der Waals surface area contributed by atoms with Crippen LogP contribution in [0.25, 0.3) is 10.9 Å². The Morgan fingerprint density at radius 2 is 2.11 bits per heavy atom. The number of aromatic amines is 1. The highest BCUT2D eigenvalue weighted by atomic mass is 35.5. The molecule has 28 heavy (non-hydrogen) atoms. The van der Waals surface area contributed by atoms with Crippen LogP contribution in [0.5, 0.6) is 0 Å². The van der Waals surface area contributed by atoms with Crippen LogP contribution in [0.15, 0.2) is 47.4 Å². The van der Waals surface area contributed by atoms with Crippen molar-refractivity contribution in [2.75, 3.05) is 11.9 Å². The predicted molar refractivity (Wildman–Crippen MR) is 112 cm³/mol. The largest absolute Gasteiger partial charge is 0.358 e. The van der Waals surface area contributed by atoms with Crippen LogP contribution in [0.2, 0.25) is 5.02 Å². The maximum Gasteiger partial charge on any atom is 0.238 e. The number of halogens is 1. The zero-order chi connectivity index (χ0) is 19.3. The van der Waals surface area contributed by atoms with Gasteiger partial charge in [0.1, 0.15) is 0 Å². The highest BCUT2D eigenvalue weighted by Crippen LogP contribution is 2.38. The van der Waals surface area contributed by atoms with Gasteiger partial charge in [0.05, 0.1) is 10.9 Å². The first-order valence-corrected chi connectivity index (χ1v) is 10.5. The predicted octanol–water partition coefficient (Wildman–Crippen LogP) is 4.21. The van der Waals surface area contributed by atoms with Crippen LogP contribution in [0.4, 0.5) is 5.69 Å². The van der Waals surface area contributed by atoms with Gasteiger partial charge in [-0.25, -0.2) is 0 Å². The summed E-state index contributed by atoms with van der Waals surface area (Å²) in [5.74, 6) is -0.126. The monoisotopic (exact) mass is 411 g/mol. The summed E-state index contributed by atoms with van der Waals surface area (Å²) in [6.45, 7) is 1.26. The minimum Gasteiger partial charge on any atom is -0.358 e. The van der Waals surface area contributed by atoms with E-state index < -0.39 is 5.25 Å². The molecule has 2 aliphatic heterocycles. The number of fused-ring (bicyclic) bond motifs is 4. The topological polar surface area (TPSA) is 65.2 Å². The number of aromatic nitrogens is 1. The van der Waals surface area contributed by atoms with Crippen LogP contribution >= 0.6 is 23.4 Å². The third-order valence-corrected chi connectivity index (χ3v) is 6.87. The lowest BCUT2D eigenvalue weighted by atomic mass is 10.0. The van der Waals surface area contributed by atoms with Gasteiger partial charge in [-0.15, -0.1) is 11.8 Å². The molecule has 3 heterocycles. The Labute approximate surface area is 171 Å². The van der Waals surface area contributed by atoms with Gasteiger partial charge in [-0.05, 0) is 24.3 Å². The van der Waals surface area contributed by atoms with Crippen LogP contribution in [0.3, 0.4) is 0 Å². The Hall–Kier alpha value is -2.44. The first-order valence-electron chi connectivity index (χ1n) is 9.22. The van der Waals surface area contributed by atoms with E-state index in [1.807, 2.05) is 23.1 Å². The van der Waals surface area contributed by atoms with E-state index in [-0.39, 0.29) is 18.2 Å². The van der Waals surface area contributed by atoms with Crippen molar-refractivity contribution in [3.63, 3.8) is 0 Å². The Morgan fingerprint density at radius 1 is 1.25 bits per heavy atom. The number of H-pyrrole nitrogens is 1. The van der Waals surface area contributed by atoms with E-state index in [9.17, 15) is 9.59 Å². The molecule has 0 unspecified atom stereocenters. The fraction of sp³-hybridized carbons (Fsp3) is 0.238. The van der Waals surface area contributed by atoms with Gasteiger partial charge in [-0.2, -0.15) is 0 Å². The van der Waals surface area contributed by atoms with Crippen LogP contribution < -0.4 is 5.32 Å². The molecule has 7 heteroatoms. The summed E-state index contributed by atoms with van der Waals surface area (Å²) < 4.78 is 0. The van der Waals surface area contributed by atoms with Gasteiger partial charge in [-0.3, -0.25) is 9.59 Å². The number of hydrogen-bond donors (Lipinski definition) is 2. The highest BCUT2D eigenvalue weighted by molar-refractivity contribution is 8.01. The van der Waals surface area contributed by atoms with Crippen molar-refractivity contribution in [1.82, 2.24) is 9.88 Å². The molecule has 0 radical (unpaired) electrons. The molecule has 2 aromatic carbocycles. The second-order valence-corrected chi connectivity index (χ2v) is 8.81. The molecule has 0 aliphatic carbocycles. The van der Waals surface area contributed by atoms with Crippen molar-refractivity contribution in [2.24, 2.45) is 0 Å². The summed E-state index contributed by atoms with van der Waals surface area (Å²) in [6, 6.07) is 13.6. The van der Waals surface area contributed by atoms with Crippen LogP contribution in [-0.4, -0.2) is 33.5 Å². The number of rotatable bonds is 2. The number of nitrogens with zero attached hydrogens (tertiary/aromatic N) is 1. The summed E-state index contributed by atoms with van der Waals surface area (Å²) in [5.41, 5.74) is 4.23. The third kappa shape index (κ3) is 3.06. The van der Waals surface area contributed by atoms with Gasteiger partial charge < -0.3 is 15.2 Å².